The monoisotopic (exact) mass is 312 g/mol. The second-order valence-corrected chi connectivity index (χ2v) is 6.63. The van der Waals surface area contributed by atoms with Gasteiger partial charge in [0.1, 0.15) is 0 Å². The first kappa shape index (κ1) is 15.0. The van der Waals surface area contributed by atoms with E-state index in [4.69, 9.17) is 0 Å². The number of hydrogen-bond acceptors (Lipinski definition) is 3. The fourth-order valence-corrected chi connectivity index (χ4v) is 3.30. The minimum absolute atomic E-state index is 0.0203. The Balaban J connectivity index is 1.45. The molecule has 0 aliphatic heterocycles. The van der Waals surface area contributed by atoms with E-state index in [0.29, 0.717) is 0 Å². The standard InChI is InChI=1S/C18H20N2OS/c1-13-4-6-15(7-5-13)12-19-10-2-3-14-8-9-16-17(11-14)22-18(21)20-16/h4-9,11,19H,2-3,10,12H2,1H3,(H,20,21). The predicted molar refractivity (Wildman–Crippen MR) is 93.7 cm³/mol. The summed E-state index contributed by atoms with van der Waals surface area (Å²) in [6.07, 6.45) is 2.12. The van der Waals surface area contributed by atoms with Gasteiger partial charge in [-0.2, -0.15) is 0 Å². The molecule has 3 aromatic rings. The average Bonchev–Trinajstić information content (AvgIpc) is 2.88. The zero-order valence-electron chi connectivity index (χ0n) is 12.7. The molecule has 3 nitrogen and oxygen atoms in total. The molecule has 1 heterocycles. The minimum Gasteiger partial charge on any atom is -0.313 e. The van der Waals surface area contributed by atoms with Crippen LogP contribution in [-0.2, 0) is 13.0 Å². The summed E-state index contributed by atoms with van der Waals surface area (Å²) in [6.45, 7) is 4.02. The third-order valence-electron chi connectivity index (χ3n) is 3.75. The molecule has 2 N–H and O–H groups in total. The summed E-state index contributed by atoms with van der Waals surface area (Å²) in [5, 5.41) is 3.48. The van der Waals surface area contributed by atoms with Crippen LogP contribution in [0, 0.1) is 6.92 Å². The maximum absolute atomic E-state index is 11.3. The van der Waals surface area contributed by atoms with Crippen LogP contribution in [0.15, 0.2) is 47.3 Å². The fraction of sp³-hybridized carbons (Fsp3) is 0.278. The highest BCUT2D eigenvalue weighted by Gasteiger charge is 2.01. The molecule has 0 spiro atoms. The van der Waals surface area contributed by atoms with Crippen molar-refractivity contribution < 1.29 is 0 Å². The number of aryl methyl sites for hydroxylation is 2. The van der Waals surface area contributed by atoms with Crippen molar-refractivity contribution in [1.82, 2.24) is 10.3 Å². The normalized spacial score (nSPS) is 11.1. The smallest absolute Gasteiger partial charge is 0.305 e. The van der Waals surface area contributed by atoms with Crippen LogP contribution >= 0.6 is 11.3 Å². The average molecular weight is 312 g/mol. The van der Waals surface area contributed by atoms with Crippen molar-refractivity contribution in [1.29, 1.82) is 0 Å². The molecule has 3 rings (SSSR count). The molecule has 4 heteroatoms. The Morgan fingerprint density at radius 1 is 1.09 bits per heavy atom. The first-order chi connectivity index (χ1) is 10.7. The van der Waals surface area contributed by atoms with Gasteiger partial charge in [0, 0.05) is 6.54 Å². The summed E-state index contributed by atoms with van der Waals surface area (Å²) < 4.78 is 1.05. The molecule has 0 saturated carbocycles. The number of thiazole rings is 1. The quantitative estimate of drug-likeness (QED) is 0.683. The molecule has 0 atom stereocenters. The lowest BCUT2D eigenvalue weighted by atomic mass is 10.1. The van der Waals surface area contributed by atoms with Crippen LogP contribution in [0.2, 0.25) is 0 Å². The van der Waals surface area contributed by atoms with E-state index in [0.717, 1.165) is 36.1 Å². The zero-order chi connectivity index (χ0) is 15.4. The van der Waals surface area contributed by atoms with Gasteiger partial charge in [0.2, 0.25) is 0 Å². The van der Waals surface area contributed by atoms with Gasteiger partial charge in [0.25, 0.3) is 0 Å². The van der Waals surface area contributed by atoms with E-state index < -0.39 is 0 Å². The summed E-state index contributed by atoms with van der Waals surface area (Å²) in [7, 11) is 0. The first-order valence-corrected chi connectivity index (χ1v) is 8.40. The molecular formula is C18H20N2OS. The highest BCUT2D eigenvalue weighted by molar-refractivity contribution is 7.16. The van der Waals surface area contributed by atoms with Crippen LogP contribution in [0.25, 0.3) is 10.2 Å². The van der Waals surface area contributed by atoms with E-state index in [1.807, 2.05) is 6.07 Å². The Morgan fingerprint density at radius 3 is 2.68 bits per heavy atom. The molecule has 0 bridgehead atoms. The third kappa shape index (κ3) is 3.84. The molecule has 2 aromatic carbocycles. The van der Waals surface area contributed by atoms with Gasteiger partial charge in [0.05, 0.1) is 10.2 Å². The Kier molecular flexibility index (Phi) is 4.71. The van der Waals surface area contributed by atoms with E-state index in [9.17, 15) is 4.79 Å². The number of H-pyrrole nitrogens is 1. The van der Waals surface area contributed by atoms with Gasteiger partial charge in [-0.25, -0.2) is 0 Å². The number of nitrogens with one attached hydrogen (secondary N) is 2. The second-order valence-electron chi connectivity index (χ2n) is 5.61. The molecular weight excluding hydrogens is 292 g/mol. The minimum atomic E-state index is 0.0203. The lowest BCUT2D eigenvalue weighted by Crippen LogP contribution is -2.15. The van der Waals surface area contributed by atoms with Crippen molar-refractivity contribution in [3.63, 3.8) is 0 Å². The molecule has 0 aliphatic carbocycles. The molecule has 1 aromatic heterocycles. The number of aromatic nitrogens is 1. The van der Waals surface area contributed by atoms with Gasteiger partial charge in [-0.3, -0.25) is 4.79 Å². The molecule has 0 saturated heterocycles. The Hall–Kier alpha value is -1.91. The largest absolute Gasteiger partial charge is 0.313 e. The van der Waals surface area contributed by atoms with Crippen molar-refractivity contribution in [2.45, 2.75) is 26.3 Å². The summed E-state index contributed by atoms with van der Waals surface area (Å²) >= 11 is 1.28. The van der Waals surface area contributed by atoms with Crippen LogP contribution in [0.1, 0.15) is 23.1 Å². The Morgan fingerprint density at radius 2 is 1.86 bits per heavy atom. The van der Waals surface area contributed by atoms with Crippen LogP contribution in [0.4, 0.5) is 0 Å². The maximum Gasteiger partial charge on any atom is 0.305 e. The van der Waals surface area contributed by atoms with Gasteiger partial charge in [-0.15, -0.1) is 0 Å². The fourth-order valence-electron chi connectivity index (χ4n) is 2.50. The number of aromatic amines is 1. The maximum atomic E-state index is 11.3. The molecule has 0 amide bonds. The highest BCUT2D eigenvalue weighted by atomic mass is 32.1. The Labute approximate surface area is 134 Å². The van der Waals surface area contributed by atoms with E-state index in [1.54, 1.807) is 0 Å². The van der Waals surface area contributed by atoms with E-state index in [2.05, 4.69) is 53.6 Å². The van der Waals surface area contributed by atoms with E-state index in [-0.39, 0.29) is 4.87 Å². The second kappa shape index (κ2) is 6.90. The van der Waals surface area contributed by atoms with Gasteiger partial charge in [-0.05, 0) is 49.6 Å². The Bertz CT molecular complexity index is 802. The van der Waals surface area contributed by atoms with Gasteiger partial charge in [-0.1, -0.05) is 47.2 Å². The predicted octanol–water partition coefficient (Wildman–Crippen LogP) is 3.62. The van der Waals surface area contributed by atoms with E-state index >= 15 is 0 Å². The molecule has 114 valence electrons. The third-order valence-corrected chi connectivity index (χ3v) is 4.60. The molecule has 22 heavy (non-hydrogen) atoms. The summed E-state index contributed by atoms with van der Waals surface area (Å²) in [5.74, 6) is 0. The van der Waals surface area contributed by atoms with Crippen LogP contribution in [0.5, 0.6) is 0 Å². The van der Waals surface area contributed by atoms with Crippen molar-refractivity contribution in [3.8, 4) is 0 Å². The number of fused-ring (bicyclic) bond motifs is 1. The summed E-state index contributed by atoms with van der Waals surface area (Å²) in [6, 6.07) is 14.9. The lowest BCUT2D eigenvalue weighted by Gasteiger charge is -2.06. The summed E-state index contributed by atoms with van der Waals surface area (Å²) in [4.78, 5) is 14.2. The zero-order valence-corrected chi connectivity index (χ0v) is 13.5. The van der Waals surface area contributed by atoms with E-state index in [1.165, 1.54) is 28.0 Å². The summed E-state index contributed by atoms with van der Waals surface area (Å²) in [5.41, 5.74) is 4.85. The van der Waals surface area contributed by atoms with Crippen LogP contribution in [-0.4, -0.2) is 11.5 Å². The van der Waals surface area contributed by atoms with Crippen molar-refractivity contribution in [3.05, 3.63) is 68.8 Å². The molecule has 0 aliphatic rings. The first-order valence-electron chi connectivity index (χ1n) is 7.59. The van der Waals surface area contributed by atoms with Crippen molar-refractivity contribution in [2.75, 3.05) is 6.54 Å². The molecule has 0 fully saturated rings. The van der Waals surface area contributed by atoms with Crippen molar-refractivity contribution >= 4 is 21.6 Å². The highest BCUT2D eigenvalue weighted by Crippen LogP contribution is 2.17. The number of rotatable bonds is 6. The lowest BCUT2D eigenvalue weighted by molar-refractivity contribution is 0.649. The number of benzene rings is 2. The van der Waals surface area contributed by atoms with Crippen LogP contribution < -0.4 is 10.2 Å². The van der Waals surface area contributed by atoms with Gasteiger partial charge in [0.15, 0.2) is 0 Å². The molecule has 0 unspecified atom stereocenters. The number of hydrogen-bond donors (Lipinski definition) is 2. The topological polar surface area (TPSA) is 44.9 Å². The molecule has 0 radical (unpaired) electrons. The van der Waals surface area contributed by atoms with Crippen LogP contribution in [0.3, 0.4) is 0 Å². The van der Waals surface area contributed by atoms with Gasteiger partial charge < -0.3 is 10.3 Å². The van der Waals surface area contributed by atoms with Gasteiger partial charge >= 0.3 is 4.87 Å². The van der Waals surface area contributed by atoms with Crippen molar-refractivity contribution in [2.24, 2.45) is 0 Å². The SMILES string of the molecule is Cc1ccc(CNCCCc2ccc3[nH]c(=O)sc3c2)cc1.